The molecule has 10 heteroatoms. The van der Waals surface area contributed by atoms with Gasteiger partial charge in [-0.15, -0.1) is 0 Å². The Balaban J connectivity index is 0. The third kappa shape index (κ3) is 11.4. The molecule has 2 atom stereocenters. The van der Waals surface area contributed by atoms with Crippen LogP contribution in [0.15, 0.2) is 0 Å². The van der Waals surface area contributed by atoms with Crippen LogP contribution in [-0.2, 0) is 29.2 Å². The van der Waals surface area contributed by atoms with E-state index in [0.717, 1.165) is 25.7 Å². The second kappa shape index (κ2) is 12.3. The van der Waals surface area contributed by atoms with Gasteiger partial charge in [-0.1, -0.05) is 26.2 Å². The average molecular weight is 350 g/mol. The van der Waals surface area contributed by atoms with E-state index in [2.05, 4.69) is 11.7 Å². The molecular weight excluding hydrogens is 327 g/mol. The molecule has 0 amide bonds. The van der Waals surface area contributed by atoms with Gasteiger partial charge in [0.2, 0.25) is 0 Å². The molecule has 0 aliphatic rings. The fourth-order valence-electron chi connectivity index (χ4n) is 1.52. The number of ether oxygens (including phenoxy) is 2. The van der Waals surface area contributed by atoms with Gasteiger partial charge in [-0.3, -0.25) is 14.1 Å². The number of carboxylic acid groups (broad SMARTS) is 1. The van der Waals surface area contributed by atoms with Crippen molar-refractivity contribution in [2.45, 2.75) is 57.5 Å². The molecule has 0 spiro atoms. The number of esters is 1. The first-order chi connectivity index (χ1) is 9.68. The zero-order valence-corrected chi connectivity index (χ0v) is 13.0. The fourth-order valence-corrected chi connectivity index (χ4v) is 2.17. The van der Waals surface area contributed by atoms with Crippen molar-refractivity contribution in [1.29, 1.82) is 0 Å². The third-order valence-corrected chi connectivity index (χ3v) is 3.69. The number of hydrogen-bond acceptors (Lipinski definition) is 6. The Hall–Kier alpha value is -0.190. The molecule has 0 rings (SSSR count). The molecule has 8 nitrogen and oxygen atoms in total. The molecule has 0 saturated heterocycles. The molecule has 0 aromatic rings. The third-order valence-electron chi connectivity index (χ3n) is 2.62. The van der Waals surface area contributed by atoms with E-state index in [0.29, 0.717) is 6.61 Å². The van der Waals surface area contributed by atoms with Crippen molar-refractivity contribution >= 4 is 51.6 Å². The van der Waals surface area contributed by atoms with Crippen LogP contribution in [0.1, 0.15) is 46.0 Å². The van der Waals surface area contributed by atoms with Crippen LogP contribution in [-0.4, -0.2) is 77.7 Å². The monoisotopic (exact) mass is 350 g/mol. The predicted molar refractivity (Wildman–Crippen MR) is 80.4 cm³/mol. The van der Waals surface area contributed by atoms with Crippen molar-refractivity contribution in [3.05, 3.63) is 0 Å². The number of carbonyl (C=O) groups excluding carboxylic acids is 1. The summed E-state index contributed by atoms with van der Waals surface area (Å²) >= 11 is 0. The normalized spacial score (nSPS) is 13.8. The Morgan fingerprint density at radius 2 is 1.77 bits per heavy atom. The van der Waals surface area contributed by atoms with Crippen LogP contribution in [0.3, 0.4) is 0 Å². The van der Waals surface area contributed by atoms with E-state index >= 15 is 0 Å². The van der Waals surface area contributed by atoms with E-state index in [1.54, 1.807) is 0 Å². The molecule has 0 fully saturated rings. The molecule has 0 aromatic heterocycles. The van der Waals surface area contributed by atoms with E-state index in [1.807, 2.05) is 0 Å². The van der Waals surface area contributed by atoms with E-state index in [4.69, 9.17) is 14.4 Å². The quantitative estimate of drug-likeness (QED) is 0.182. The van der Waals surface area contributed by atoms with E-state index in [-0.39, 0.29) is 29.6 Å². The van der Waals surface area contributed by atoms with Gasteiger partial charge >= 0.3 is 41.5 Å². The summed E-state index contributed by atoms with van der Waals surface area (Å²) < 4.78 is 40.6. The molecule has 22 heavy (non-hydrogen) atoms. The minimum atomic E-state index is -4.85. The van der Waals surface area contributed by atoms with Crippen molar-refractivity contribution in [2.75, 3.05) is 6.61 Å². The molecule has 0 radical (unpaired) electrons. The topological polar surface area (TPSA) is 127 Å². The minimum absolute atomic E-state index is 0. The van der Waals surface area contributed by atoms with E-state index in [9.17, 15) is 18.0 Å². The van der Waals surface area contributed by atoms with Gasteiger partial charge in [0.05, 0.1) is 13.0 Å². The molecule has 0 heterocycles. The van der Waals surface area contributed by atoms with Crippen LogP contribution in [0.5, 0.6) is 0 Å². The second-order valence-electron chi connectivity index (χ2n) is 4.54. The molecule has 0 aliphatic heterocycles. The van der Waals surface area contributed by atoms with Gasteiger partial charge in [0.25, 0.3) is 10.1 Å². The van der Waals surface area contributed by atoms with Crippen LogP contribution in [0, 0.1) is 0 Å². The Kier molecular flexibility index (Phi) is 13.4. The molecule has 0 aliphatic carbocycles. The van der Waals surface area contributed by atoms with Crippen LogP contribution in [0.4, 0.5) is 0 Å². The number of carbonyl (C=O) groups is 2. The van der Waals surface area contributed by atoms with Crippen molar-refractivity contribution in [2.24, 2.45) is 0 Å². The SMILES string of the molecule is CCCCCCOC(C)OC(=O)C(CC(=O)O)S(=O)(=O)O.[NaH]. The predicted octanol–water partition coefficient (Wildman–Crippen LogP) is 0.555. The zero-order chi connectivity index (χ0) is 16.5. The molecule has 0 saturated carbocycles. The molecule has 0 bridgehead atoms. The van der Waals surface area contributed by atoms with Crippen molar-refractivity contribution in [3.63, 3.8) is 0 Å². The standard InChI is InChI=1S/C12H22O8S.Na.H/c1-3-4-5-6-7-19-9(2)20-12(15)10(8-11(13)14)21(16,17)18;;/h9-10H,3-8H2,1-2H3,(H,13,14)(H,16,17,18);;. The van der Waals surface area contributed by atoms with Crippen LogP contribution < -0.4 is 0 Å². The Morgan fingerprint density at radius 3 is 2.23 bits per heavy atom. The van der Waals surface area contributed by atoms with Gasteiger partial charge in [0.1, 0.15) is 0 Å². The number of carboxylic acids is 1. The van der Waals surface area contributed by atoms with Gasteiger partial charge in [0.15, 0.2) is 11.5 Å². The van der Waals surface area contributed by atoms with Crippen molar-refractivity contribution in [3.8, 4) is 0 Å². The summed E-state index contributed by atoms with van der Waals surface area (Å²) in [6, 6.07) is 0. The zero-order valence-electron chi connectivity index (χ0n) is 12.1. The van der Waals surface area contributed by atoms with Crippen LogP contribution in [0.25, 0.3) is 0 Å². The van der Waals surface area contributed by atoms with Crippen molar-refractivity contribution < 1.29 is 37.1 Å². The van der Waals surface area contributed by atoms with Crippen LogP contribution >= 0.6 is 0 Å². The first-order valence-electron chi connectivity index (χ1n) is 6.68. The maximum absolute atomic E-state index is 11.6. The van der Waals surface area contributed by atoms with Gasteiger partial charge in [-0.2, -0.15) is 8.42 Å². The first kappa shape index (κ1) is 24.1. The van der Waals surface area contributed by atoms with Crippen LogP contribution in [0.2, 0.25) is 0 Å². The van der Waals surface area contributed by atoms with Gasteiger partial charge < -0.3 is 14.6 Å². The summed E-state index contributed by atoms with van der Waals surface area (Å²) in [6.45, 7) is 3.78. The molecular formula is C12H23NaO8S. The number of aliphatic carboxylic acids is 1. The molecule has 0 aromatic carbocycles. The van der Waals surface area contributed by atoms with E-state index in [1.165, 1.54) is 6.92 Å². The van der Waals surface area contributed by atoms with Gasteiger partial charge in [-0.05, 0) is 13.3 Å². The summed E-state index contributed by atoms with van der Waals surface area (Å²) in [6.07, 6.45) is 1.77. The summed E-state index contributed by atoms with van der Waals surface area (Å²) in [5.74, 6) is -2.89. The summed E-state index contributed by atoms with van der Waals surface area (Å²) in [4.78, 5) is 22.1. The van der Waals surface area contributed by atoms with Crippen molar-refractivity contribution in [1.82, 2.24) is 0 Å². The second-order valence-corrected chi connectivity index (χ2v) is 6.14. The van der Waals surface area contributed by atoms with Gasteiger partial charge in [-0.25, -0.2) is 0 Å². The van der Waals surface area contributed by atoms with E-state index < -0.39 is 40.0 Å². The Morgan fingerprint density at radius 1 is 1.18 bits per heavy atom. The van der Waals surface area contributed by atoms with Gasteiger partial charge in [0, 0.05) is 0 Å². The maximum atomic E-state index is 11.6. The summed E-state index contributed by atoms with van der Waals surface area (Å²) in [5, 5.41) is 6.39. The molecule has 126 valence electrons. The number of rotatable bonds is 11. The first-order valence-corrected chi connectivity index (χ1v) is 8.19. The number of unbranched alkanes of at least 4 members (excludes halogenated alkanes) is 3. The number of hydrogen-bond donors (Lipinski definition) is 2. The molecule has 2 N–H and O–H groups in total. The Bertz CT molecular complexity index is 436. The Labute approximate surface area is 152 Å². The average Bonchev–Trinajstić information content (AvgIpc) is 2.34. The summed E-state index contributed by atoms with van der Waals surface area (Å²) in [7, 11) is -4.85. The molecule has 2 unspecified atom stereocenters. The summed E-state index contributed by atoms with van der Waals surface area (Å²) in [5.41, 5.74) is 0. The fraction of sp³-hybridized carbons (Fsp3) is 0.833.